The summed E-state index contributed by atoms with van der Waals surface area (Å²) in [6.45, 7) is 4.19. The molecule has 0 saturated carbocycles. The van der Waals surface area contributed by atoms with Crippen LogP contribution in [0.25, 0.3) is 0 Å². The molecule has 0 bridgehead atoms. The number of alkyl halides is 1. The summed E-state index contributed by atoms with van der Waals surface area (Å²) in [5.41, 5.74) is 1.74. The average molecular weight is 344 g/mol. The number of hydrogen-bond donors (Lipinski definition) is 0. The van der Waals surface area contributed by atoms with Crippen LogP contribution in [0.5, 0.6) is 0 Å². The predicted octanol–water partition coefficient (Wildman–Crippen LogP) is 4.05. The standard InChI is InChI=1S/C15H18ClNO2S2/c1-3-17(13-6-4-5-12(2)11-13)21(18,19)15-8-7-14(20-15)9-10-16/h4-8,11H,3,9-10H2,1-2H3. The number of aryl methyl sites for hydroxylation is 2. The number of hydrogen-bond acceptors (Lipinski definition) is 3. The van der Waals surface area contributed by atoms with Crippen LogP contribution in [-0.2, 0) is 16.4 Å². The summed E-state index contributed by atoms with van der Waals surface area (Å²) >= 11 is 7.00. The summed E-state index contributed by atoms with van der Waals surface area (Å²) in [5, 5.41) is 0. The maximum Gasteiger partial charge on any atom is 0.273 e. The second-order valence-electron chi connectivity index (χ2n) is 4.67. The van der Waals surface area contributed by atoms with E-state index in [4.69, 9.17) is 11.6 Å². The zero-order valence-electron chi connectivity index (χ0n) is 12.0. The van der Waals surface area contributed by atoms with Gasteiger partial charge in [0.05, 0.1) is 5.69 Å². The van der Waals surface area contributed by atoms with Crippen LogP contribution >= 0.6 is 22.9 Å². The van der Waals surface area contributed by atoms with Crippen LogP contribution in [0, 0.1) is 6.92 Å². The number of anilines is 1. The Bertz CT molecular complexity index is 710. The van der Waals surface area contributed by atoms with Crippen molar-refractivity contribution in [3.63, 3.8) is 0 Å². The first-order chi connectivity index (χ1) is 9.98. The molecule has 0 aliphatic rings. The molecule has 0 aliphatic heterocycles. The topological polar surface area (TPSA) is 37.4 Å². The number of nitrogens with zero attached hydrogens (tertiary/aromatic N) is 1. The third-order valence-corrected chi connectivity index (χ3v) is 6.80. The van der Waals surface area contributed by atoms with Gasteiger partial charge in [0.1, 0.15) is 4.21 Å². The molecule has 0 radical (unpaired) electrons. The zero-order valence-corrected chi connectivity index (χ0v) is 14.4. The summed E-state index contributed by atoms with van der Waals surface area (Å²) in [5.74, 6) is 0.495. The lowest BCUT2D eigenvalue weighted by atomic mass is 10.2. The number of rotatable bonds is 6. The lowest BCUT2D eigenvalue weighted by Crippen LogP contribution is -2.30. The Morgan fingerprint density at radius 1 is 1.24 bits per heavy atom. The summed E-state index contributed by atoms with van der Waals surface area (Å²) in [6, 6.07) is 11.0. The van der Waals surface area contributed by atoms with Gasteiger partial charge in [-0.3, -0.25) is 4.31 Å². The number of benzene rings is 1. The molecule has 1 aromatic carbocycles. The molecule has 0 fully saturated rings. The van der Waals surface area contributed by atoms with Crippen LogP contribution in [0.1, 0.15) is 17.4 Å². The normalized spacial score (nSPS) is 11.6. The van der Waals surface area contributed by atoms with Gasteiger partial charge >= 0.3 is 0 Å². The van der Waals surface area contributed by atoms with Crippen molar-refractivity contribution >= 4 is 38.6 Å². The summed E-state index contributed by atoms with van der Waals surface area (Å²) < 4.78 is 27.4. The van der Waals surface area contributed by atoms with E-state index in [0.29, 0.717) is 28.7 Å². The molecule has 1 heterocycles. The van der Waals surface area contributed by atoms with Gasteiger partial charge in [-0.1, -0.05) is 12.1 Å². The third-order valence-electron chi connectivity index (χ3n) is 3.10. The van der Waals surface area contributed by atoms with Gasteiger partial charge in [0.2, 0.25) is 0 Å². The lowest BCUT2D eigenvalue weighted by molar-refractivity contribution is 0.594. The van der Waals surface area contributed by atoms with Crippen molar-refractivity contribution < 1.29 is 8.42 Å². The minimum atomic E-state index is -3.51. The minimum absolute atomic E-state index is 0.367. The Balaban J connectivity index is 2.39. The fraction of sp³-hybridized carbons (Fsp3) is 0.333. The van der Waals surface area contributed by atoms with Gasteiger partial charge in [0.15, 0.2) is 0 Å². The van der Waals surface area contributed by atoms with E-state index in [1.165, 1.54) is 15.6 Å². The molecular weight excluding hydrogens is 326 g/mol. The smallest absolute Gasteiger partial charge is 0.266 e. The van der Waals surface area contributed by atoms with Crippen LogP contribution in [0.3, 0.4) is 0 Å². The quantitative estimate of drug-likeness (QED) is 0.742. The van der Waals surface area contributed by atoms with E-state index in [-0.39, 0.29) is 0 Å². The Hall–Kier alpha value is -1.04. The van der Waals surface area contributed by atoms with Crippen LogP contribution < -0.4 is 4.31 Å². The van der Waals surface area contributed by atoms with Gasteiger partial charge < -0.3 is 0 Å². The molecule has 3 nitrogen and oxygen atoms in total. The third kappa shape index (κ3) is 3.59. The fourth-order valence-corrected chi connectivity index (χ4v) is 5.36. The van der Waals surface area contributed by atoms with Crippen molar-refractivity contribution in [1.29, 1.82) is 0 Å². The summed E-state index contributed by atoms with van der Waals surface area (Å²) in [4.78, 5) is 0.990. The van der Waals surface area contributed by atoms with Crippen molar-refractivity contribution in [3.8, 4) is 0 Å². The molecule has 0 saturated heterocycles. The number of sulfonamides is 1. The van der Waals surface area contributed by atoms with E-state index in [0.717, 1.165) is 10.4 Å². The van der Waals surface area contributed by atoms with E-state index in [2.05, 4.69) is 0 Å². The Morgan fingerprint density at radius 3 is 2.62 bits per heavy atom. The van der Waals surface area contributed by atoms with Crippen molar-refractivity contribution in [2.75, 3.05) is 16.7 Å². The molecule has 0 amide bonds. The Labute approximate surface area is 135 Å². The van der Waals surface area contributed by atoms with Gasteiger partial charge in [-0.05, 0) is 50.1 Å². The van der Waals surface area contributed by atoms with Crippen LogP contribution in [-0.4, -0.2) is 20.8 Å². The maximum atomic E-state index is 12.8. The zero-order chi connectivity index (χ0) is 15.5. The highest BCUT2D eigenvalue weighted by molar-refractivity contribution is 7.94. The van der Waals surface area contributed by atoms with Crippen molar-refractivity contribution in [2.24, 2.45) is 0 Å². The van der Waals surface area contributed by atoms with E-state index in [1.807, 2.05) is 44.2 Å². The molecule has 6 heteroatoms. The lowest BCUT2D eigenvalue weighted by Gasteiger charge is -2.22. The first-order valence-electron chi connectivity index (χ1n) is 6.73. The fourth-order valence-electron chi connectivity index (χ4n) is 2.11. The maximum absolute atomic E-state index is 12.8. The van der Waals surface area contributed by atoms with Gasteiger partial charge in [-0.2, -0.15) is 0 Å². The molecular formula is C15H18ClNO2S2. The van der Waals surface area contributed by atoms with E-state index >= 15 is 0 Å². The molecule has 0 unspecified atom stereocenters. The van der Waals surface area contributed by atoms with E-state index in [9.17, 15) is 8.42 Å². The Morgan fingerprint density at radius 2 is 2.00 bits per heavy atom. The molecule has 1 aromatic heterocycles. The van der Waals surface area contributed by atoms with Crippen molar-refractivity contribution in [3.05, 3.63) is 46.8 Å². The molecule has 0 aliphatic carbocycles. The molecule has 2 rings (SSSR count). The highest BCUT2D eigenvalue weighted by Gasteiger charge is 2.25. The van der Waals surface area contributed by atoms with Gasteiger partial charge in [-0.25, -0.2) is 8.42 Å². The van der Waals surface area contributed by atoms with E-state index in [1.54, 1.807) is 6.07 Å². The van der Waals surface area contributed by atoms with Gasteiger partial charge in [0.25, 0.3) is 10.0 Å². The largest absolute Gasteiger partial charge is 0.273 e. The predicted molar refractivity (Wildman–Crippen MR) is 90.1 cm³/mol. The van der Waals surface area contributed by atoms with Crippen LogP contribution in [0.4, 0.5) is 5.69 Å². The first-order valence-corrected chi connectivity index (χ1v) is 9.52. The van der Waals surface area contributed by atoms with Crippen LogP contribution in [0.15, 0.2) is 40.6 Å². The molecule has 0 N–H and O–H groups in total. The molecule has 0 spiro atoms. The van der Waals surface area contributed by atoms with Crippen molar-refractivity contribution in [1.82, 2.24) is 0 Å². The molecule has 21 heavy (non-hydrogen) atoms. The number of thiophene rings is 1. The molecule has 0 atom stereocenters. The highest BCUT2D eigenvalue weighted by atomic mass is 35.5. The SMILES string of the molecule is CCN(c1cccc(C)c1)S(=O)(=O)c1ccc(CCCl)s1. The van der Waals surface area contributed by atoms with Gasteiger partial charge in [-0.15, -0.1) is 22.9 Å². The average Bonchev–Trinajstić information content (AvgIpc) is 2.89. The van der Waals surface area contributed by atoms with E-state index < -0.39 is 10.0 Å². The minimum Gasteiger partial charge on any atom is -0.266 e. The Kier molecular flexibility index (Phi) is 5.30. The molecule has 2 aromatic rings. The van der Waals surface area contributed by atoms with Crippen molar-refractivity contribution in [2.45, 2.75) is 24.5 Å². The summed E-state index contributed by atoms with van der Waals surface area (Å²) in [6.07, 6.45) is 0.693. The molecule has 114 valence electrons. The highest BCUT2D eigenvalue weighted by Crippen LogP contribution is 2.29. The second-order valence-corrected chi connectivity index (χ2v) is 8.30. The second kappa shape index (κ2) is 6.81. The monoisotopic (exact) mass is 343 g/mol. The summed E-state index contributed by atoms with van der Waals surface area (Å²) in [7, 11) is -3.51. The number of halogens is 1. The first kappa shape index (κ1) is 16.3. The van der Waals surface area contributed by atoms with Crippen LogP contribution in [0.2, 0.25) is 0 Å². The van der Waals surface area contributed by atoms with Gasteiger partial charge in [0, 0.05) is 17.3 Å².